The molecule has 1 unspecified atom stereocenters. The smallest absolute Gasteiger partial charge is 0.195 e. The number of thiazole rings is 1. The Morgan fingerprint density at radius 3 is 1.86 bits per heavy atom. The Labute approximate surface area is 229 Å². The summed E-state index contributed by atoms with van der Waals surface area (Å²) in [4.78, 5) is 4.26. The molecule has 1 aromatic rings. The second-order valence-electron chi connectivity index (χ2n) is 10.6. The molecule has 218 valence electrons. The van der Waals surface area contributed by atoms with Gasteiger partial charge < -0.3 is 28.8 Å². The predicted molar refractivity (Wildman–Crippen MR) is 151 cm³/mol. The van der Waals surface area contributed by atoms with Gasteiger partial charge in [0.05, 0.1) is 65.7 Å². The largest absolute Gasteiger partial charge is 0.381 e. The molecule has 0 aromatic carbocycles. The number of aromatic nitrogens is 1. The Morgan fingerprint density at radius 1 is 0.946 bits per heavy atom. The van der Waals surface area contributed by atoms with Crippen LogP contribution in [0.25, 0.3) is 0 Å². The van der Waals surface area contributed by atoms with Crippen LogP contribution < -0.4 is 5.14 Å². The molecule has 1 rings (SSSR count). The SMILES string of the molecule is CCCCOCCOCCOCCOCCOC[C@](C)(O)c1ncc(S(N)(=O)=N[Si](C)(C)C(C)(C)C)s1. The fraction of sp³-hybridized carbons (Fsp3) is 0.875. The van der Waals surface area contributed by atoms with E-state index in [-0.39, 0.29) is 11.6 Å². The van der Waals surface area contributed by atoms with E-state index >= 15 is 0 Å². The van der Waals surface area contributed by atoms with Crippen LogP contribution in [0.1, 0.15) is 52.5 Å². The predicted octanol–water partition coefficient (Wildman–Crippen LogP) is 3.94. The number of rotatable bonds is 20. The second-order valence-corrected chi connectivity index (χ2v) is 18.8. The number of nitrogens with two attached hydrogens (primary N) is 1. The number of ether oxygens (including phenoxy) is 5. The summed E-state index contributed by atoms with van der Waals surface area (Å²) in [6, 6.07) is 0. The molecule has 1 heterocycles. The lowest BCUT2D eigenvalue weighted by Crippen LogP contribution is -2.37. The third-order valence-electron chi connectivity index (χ3n) is 5.95. The van der Waals surface area contributed by atoms with Crippen LogP contribution in [0.15, 0.2) is 14.4 Å². The van der Waals surface area contributed by atoms with Crippen molar-refractivity contribution in [1.82, 2.24) is 4.98 Å². The average molecular weight is 584 g/mol. The molecule has 3 N–H and O–H groups in total. The van der Waals surface area contributed by atoms with E-state index in [1.807, 2.05) is 13.1 Å². The first-order chi connectivity index (χ1) is 17.2. The van der Waals surface area contributed by atoms with Crippen molar-refractivity contribution in [3.8, 4) is 0 Å². The average Bonchev–Trinajstić information content (AvgIpc) is 3.30. The molecular formula is C24H49N3O7S2Si. The summed E-state index contributed by atoms with van der Waals surface area (Å²) in [5, 5.41) is 17.3. The van der Waals surface area contributed by atoms with Gasteiger partial charge in [0.2, 0.25) is 0 Å². The summed E-state index contributed by atoms with van der Waals surface area (Å²) in [5.74, 6) is 0. The molecule has 0 saturated heterocycles. The molecular weight excluding hydrogens is 534 g/mol. The van der Waals surface area contributed by atoms with Crippen molar-refractivity contribution in [2.24, 2.45) is 9.17 Å². The molecule has 37 heavy (non-hydrogen) atoms. The monoisotopic (exact) mass is 583 g/mol. The Balaban J connectivity index is 2.26. The van der Waals surface area contributed by atoms with Gasteiger partial charge in [0.25, 0.3) is 0 Å². The lowest BCUT2D eigenvalue weighted by Gasteiger charge is -2.32. The number of unbranched alkanes of at least 4 members (excludes halogenated alkanes) is 1. The normalized spacial score (nSPS) is 15.9. The molecule has 0 aliphatic rings. The van der Waals surface area contributed by atoms with Crippen LogP contribution in [0.2, 0.25) is 18.1 Å². The lowest BCUT2D eigenvalue weighted by atomic mass is 10.1. The second kappa shape index (κ2) is 16.6. The van der Waals surface area contributed by atoms with Gasteiger partial charge in [-0.15, -0.1) is 11.3 Å². The van der Waals surface area contributed by atoms with E-state index in [0.29, 0.717) is 62.1 Å². The van der Waals surface area contributed by atoms with Gasteiger partial charge in [0, 0.05) is 6.61 Å². The van der Waals surface area contributed by atoms with Gasteiger partial charge >= 0.3 is 0 Å². The summed E-state index contributed by atoms with van der Waals surface area (Å²) in [5.41, 5.74) is -1.35. The van der Waals surface area contributed by atoms with Gasteiger partial charge in [-0.1, -0.05) is 34.1 Å². The van der Waals surface area contributed by atoms with E-state index in [2.05, 4.69) is 36.7 Å². The van der Waals surface area contributed by atoms with Crippen LogP contribution in [-0.2, 0) is 39.2 Å². The third kappa shape index (κ3) is 13.4. The van der Waals surface area contributed by atoms with Gasteiger partial charge in [0.15, 0.2) is 8.24 Å². The molecule has 0 spiro atoms. The van der Waals surface area contributed by atoms with E-state index in [9.17, 15) is 9.32 Å². The van der Waals surface area contributed by atoms with Gasteiger partial charge in [-0.25, -0.2) is 14.3 Å². The molecule has 0 fully saturated rings. The van der Waals surface area contributed by atoms with Crippen molar-refractivity contribution in [2.75, 3.05) is 66.1 Å². The van der Waals surface area contributed by atoms with Crippen LogP contribution in [-0.4, -0.2) is 88.6 Å². The number of hydrogen-bond acceptors (Lipinski definition) is 10. The Bertz CT molecular complexity index is 882. The number of nitrogens with zero attached hydrogens (tertiary/aromatic N) is 2. The van der Waals surface area contributed by atoms with Crippen molar-refractivity contribution in [2.45, 2.75) is 75.4 Å². The van der Waals surface area contributed by atoms with Gasteiger partial charge in [-0.05, 0) is 31.5 Å². The zero-order chi connectivity index (χ0) is 28.0. The highest BCUT2D eigenvalue weighted by molar-refractivity contribution is 7.94. The van der Waals surface area contributed by atoms with E-state index < -0.39 is 23.8 Å². The molecule has 0 bridgehead atoms. The fourth-order valence-electron chi connectivity index (χ4n) is 2.62. The van der Waals surface area contributed by atoms with Crippen LogP contribution in [0, 0.1) is 0 Å². The van der Waals surface area contributed by atoms with Crippen molar-refractivity contribution in [3.63, 3.8) is 0 Å². The topological polar surface area (TPSA) is 135 Å². The van der Waals surface area contributed by atoms with Crippen molar-refractivity contribution in [3.05, 3.63) is 11.2 Å². The van der Waals surface area contributed by atoms with Crippen molar-refractivity contribution >= 4 is 29.5 Å². The zero-order valence-electron chi connectivity index (χ0n) is 23.7. The zero-order valence-corrected chi connectivity index (χ0v) is 26.4. The Kier molecular flexibility index (Phi) is 15.5. The van der Waals surface area contributed by atoms with Crippen LogP contribution in [0.5, 0.6) is 0 Å². The minimum absolute atomic E-state index is 0.0183. The Morgan fingerprint density at radius 2 is 1.41 bits per heavy atom. The highest BCUT2D eigenvalue weighted by Gasteiger charge is 2.38. The quantitative estimate of drug-likeness (QED) is 0.174. The molecule has 2 atom stereocenters. The van der Waals surface area contributed by atoms with E-state index in [1.54, 1.807) is 6.92 Å². The number of hydrogen-bond donors (Lipinski definition) is 2. The van der Waals surface area contributed by atoms with E-state index in [0.717, 1.165) is 30.8 Å². The number of aliphatic hydroxyl groups is 1. The molecule has 1 aromatic heterocycles. The first-order valence-electron chi connectivity index (χ1n) is 12.9. The molecule has 0 aliphatic heterocycles. The highest BCUT2D eigenvalue weighted by atomic mass is 32.2. The first-order valence-corrected chi connectivity index (χ1v) is 18.2. The standard InChI is InChI=1S/C24H49N3O7S2Si/c1-8-9-10-30-11-12-31-13-14-32-15-16-33-17-18-34-20-24(5,28)22-26-19-21(35-22)36(25,29)27-37(6,7)23(2,3)4/h19,28H,8-18,20H2,1-7H3,(H2,25,27,29)/t24-,36?/m0/s1. The summed E-state index contributed by atoms with van der Waals surface area (Å²) in [6.45, 7) is 18.7. The summed E-state index contributed by atoms with van der Waals surface area (Å²) < 4.78 is 45.5. The molecule has 0 radical (unpaired) electrons. The van der Waals surface area contributed by atoms with E-state index in [1.165, 1.54) is 6.20 Å². The van der Waals surface area contributed by atoms with Crippen LogP contribution in [0.4, 0.5) is 0 Å². The van der Waals surface area contributed by atoms with Crippen LogP contribution >= 0.6 is 11.3 Å². The molecule has 13 heteroatoms. The molecule has 0 amide bonds. The minimum atomic E-state index is -3.10. The van der Waals surface area contributed by atoms with Crippen molar-refractivity contribution in [1.29, 1.82) is 0 Å². The Hall–Kier alpha value is -0.483. The minimum Gasteiger partial charge on any atom is -0.381 e. The highest BCUT2D eigenvalue weighted by Crippen LogP contribution is 2.38. The molecule has 0 aliphatic carbocycles. The third-order valence-corrected chi connectivity index (χ3v) is 15.2. The molecule has 10 nitrogen and oxygen atoms in total. The summed E-state index contributed by atoms with van der Waals surface area (Å²) in [7, 11) is -5.33. The summed E-state index contributed by atoms with van der Waals surface area (Å²) >= 11 is 1.11. The maximum Gasteiger partial charge on any atom is 0.195 e. The lowest BCUT2D eigenvalue weighted by molar-refractivity contribution is -0.0563. The fourth-order valence-corrected chi connectivity index (χ4v) is 8.72. The maximum atomic E-state index is 13.2. The van der Waals surface area contributed by atoms with E-state index in [4.69, 9.17) is 28.8 Å². The van der Waals surface area contributed by atoms with Gasteiger partial charge in [-0.3, -0.25) is 4.03 Å². The summed E-state index contributed by atoms with van der Waals surface area (Å²) in [6.07, 6.45) is 3.66. The van der Waals surface area contributed by atoms with Gasteiger partial charge in [0.1, 0.15) is 24.7 Å². The molecule has 0 saturated carbocycles. The van der Waals surface area contributed by atoms with Crippen molar-refractivity contribution < 1.29 is 33.0 Å². The van der Waals surface area contributed by atoms with Crippen LogP contribution in [0.3, 0.4) is 0 Å². The maximum absolute atomic E-state index is 13.2. The first kappa shape index (κ1) is 34.5. The van der Waals surface area contributed by atoms with Gasteiger partial charge in [-0.2, -0.15) is 0 Å².